The highest BCUT2D eigenvalue weighted by Crippen LogP contribution is 2.39. The number of carboxylic acids is 1. The van der Waals surface area contributed by atoms with Gasteiger partial charge in [0.25, 0.3) is 0 Å². The quantitative estimate of drug-likeness (QED) is 0.365. The molecule has 1 unspecified atom stereocenters. The molecule has 0 saturated carbocycles. The molecule has 0 fully saturated rings. The lowest BCUT2D eigenvalue weighted by atomic mass is 10.1. The van der Waals surface area contributed by atoms with Crippen molar-refractivity contribution in [3.63, 3.8) is 0 Å². The van der Waals surface area contributed by atoms with Gasteiger partial charge in [-0.2, -0.15) is 0 Å². The lowest BCUT2D eigenvalue weighted by molar-refractivity contribution is -0.136. The van der Waals surface area contributed by atoms with E-state index in [9.17, 15) is 4.79 Å². The molecule has 1 atom stereocenters. The van der Waals surface area contributed by atoms with Gasteiger partial charge in [-0.25, -0.2) is 4.98 Å². The highest BCUT2D eigenvalue weighted by atomic mass is 35.5. The van der Waals surface area contributed by atoms with Crippen LogP contribution in [0, 0.1) is 0 Å². The number of thioether (sulfide) groups is 2. The minimum atomic E-state index is -0.772. The van der Waals surface area contributed by atoms with Crippen molar-refractivity contribution in [2.24, 2.45) is 5.73 Å². The van der Waals surface area contributed by atoms with E-state index in [0.29, 0.717) is 17.3 Å². The van der Waals surface area contributed by atoms with Crippen LogP contribution in [-0.4, -0.2) is 34.1 Å². The molecule has 4 nitrogen and oxygen atoms in total. The Kier molecular flexibility index (Phi) is 8.63. The Morgan fingerprint density at radius 3 is 2.70 bits per heavy atom. The number of carbonyl (C=O) groups is 1. The van der Waals surface area contributed by atoms with E-state index in [-0.39, 0.29) is 11.0 Å². The van der Waals surface area contributed by atoms with Gasteiger partial charge in [0.2, 0.25) is 0 Å². The maximum Gasteiger partial charge on any atom is 0.304 e. The van der Waals surface area contributed by atoms with E-state index in [1.54, 1.807) is 23.5 Å². The first-order valence-electron chi connectivity index (χ1n) is 9.54. The molecule has 30 heavy (non-hydrogen) atoms. The number of fused-ring (bicyclic) bond motifs is 1. The summed E-state index contributed by atoms with van der Waals surface area (Å²) in [7, 11) is 0. The monoisotopic (exact) mass is 458 g/mol. The number of hydrogen-bond donors (Lipinski definition) is 2. The number of carboxylic acid groups (broad SMARTS) is 1. The molecule has 0 aliphatic rings. The molecule has 3 aromatic rings. The van der Waals surface area contributed by atoms with Gasteiger partial charge in [-0.1, -0.05) is 48.0 Å². The van der Waals surface area contributed by atoms with E-state index < -0.39 is 5.97 Å². The minimum absolute atomic E-state index is 0.154. The summed E-state index contributed by atoms with van der Waals surface area (Å²) in [5, 5.41) is 10.6. The van der Waals surface area contributed by atoms with Crippen molar-refractivity contribution in [3.8, 4) is 0 Å². The van der Waals surface area contributed by atoms with Crippen LogP contribution in [0.4, 0.5) is 0 Å². The number of aromatic nitrogens is 1. The Balaban J connectivity index is 1.76. The van der Waals surface area contributed by atoms with Crippen molar-refractivity contribution in [2.75, 3.05) is 18.1 Å². The summed E-state index contributed by atoms with van der Waals surface area (Å²) in [5.74, 6) is 0.626. The second-order valence-corrected chi connectivity index (χ2v) is 9.74. The van der Waals surface area contributed by atoms with Crippen molar-refractivity contribution >= 4 is 64.1 Å². The van der Waals surface area contributed by atoms with Crippen LogP contribution in [0.2, 0.25) is 5.02 Å². The fourth-order valence-electron chi connectivity index (χ4n) is 2.86. The molecule has 2 aromatic carbocycles. The second kappa shape index (κ2) is 11.4. The summed E-state index contributed by atoms with van der Waals surface area (Å²) < 4.78 is 0.155. The van der Waals surface area contributed by atoms with Crippen LogP contribution < -0.4 is 5.73 Å². The first kappa shape index (κ1) is 22.7. The maximum atomic E-state index is 10.8. The Hall–Kier alpha value is -1.99. The summed E-state index contributed by atoms with van der Waals surface area (Å²) >= 11 is 9.47. The molecular weight excluding hydrogens is 436 g/mol. The van der Waals surface area contributed by atoms with E-state index >= 15 is 0 Å². The molecule has 7 heteroatoms. The Bertz CT molecular complexity index is 1040. The number of halogens is 1. The highest BCUT2D eigenvalue weighted by Gasteiger charge is 2.13. The van der Waals surface area contributed by atoms with Crippen LogP contribution in [0.15, 0.2) is 54.6 Å². The molecule has 0 aliphatic heterocycles. The van der Waals surface area contributed by atoms with E-state index in [1.807, 2.05) is 54.6 Å². The number of hydrogen-bond acceptors (Lipinski definition) is 5. The fraction of sp³-hybridized carbons (Fsp3) is 0.217. The maximum absolute atomic E-state index is 10.8. The lowest BCUT2D eigenvalue weighted by Gasteiger charge is -2.16. The second-order valence-electron chi connectivity index (χ2n) is 6.58. The summed E-state index contributed by atoms with van der Waals surface area (Å²) in [6.07, 6.45) is 4.18. The molecule has 0 bridgehead atoms. The van der Waals surface area contributed by atoms with Gasteiger partial charge in [0, 0.05) is 28.5 Å². The van der Waals surface area contributed by atoms with Crippen LogP contribution in [0.1, 0.15) is 27.8 Å². The molecule has 156 valence electrons. The van der Waals surface area contributed by atoms with Crippen LogP contribution >= 0.6 is 35.1 Å². The third kappa shape index (κ3) is 6.77. The van der Waals surface area contributed by atoms with Crippen molar-refractivity contribution in [1.82, 2.24) is 4.98 Å². The molecule has 0 radical (unpaired) electrons. The largest absolute Gasteiger partial charge is 0.481 e. The average Bonchev–Trinajstić information content (AvgIpc) is 2.74. The summed E-state index contributed by atoms with van der Waals surface area (Å²) in [6, 6.07) is 18.0. The zero-order valence-electron chi connectivity index (χ0n) is 16.3. The predicted molar refractivity (Wildman–Crippen MR) is 131 cm³/mol. The van der Waals surface area contributed by atoms with Crippen LogP contribution in [0.3, 0.4) is 0 Å². The Morgan fingerprint density at radius 1 is 1.10 bits per heavy atom. The van der Waals surface area contributed by atoms with Gasteiger partial charge >= 0.3 is 5.97 Å². The molecule has 0 amide bonds. The number of rotatable bonds is 10. The lowest BCUT2D eigenvalue weighted by Crippen LogP contribution is -2.04. The Labute approximate surface area is 189 Å². The smallest absolute Gasteiger partial charge is 0.304 e. The number of aliphatic carboxylic acids is 1. The number of nitrogens with zero attached hydrogens (tertiary/aromatic N) is 1. The van der Waals surface area contributed by atoms with Gasteiger partial charge in [-0.3, -0.25) is 4.79 Å². The fourth-order valence-corrected chi connectivity index (χ4v) is 5.52. The predicted octanol–water partition coefficient (Wildman–Crippen LogP) is 5.96. The van der Waals surface area contributed by atoms with E-state index in [1.165, 1.54) is 0 Å². The molecule has 0 saturated heterocycles. The topological polar surface area (TPSA) is 76.2 Å². The average molecular weight is 459 g/mol. The van der Waals surface area contributed by atoms with Crippen molar-refractivity contribution in [3.05, 3.63) is 76.4 Å². The van der Waals surface area contributed by atoms with Gasteiger partial charge < -0.3 is 10.8 Å². The molecule has 0 spiro atoms. The standard InChI is InChI=1S/C23H23ClN2O2S2/c24-19-7-5-17-6-9-20(26-21(17)15-19)8-4-16-2-1-3-18(14-16)23(30-13-11-25)29-12-10-22(27)28/h1-9,14-15,23H,10-13,25H2,(H,27,28)/b8-4+. The number of pyridine rings is 1. The minimum Gasteiger partial charge on any atom is -0.481 e. The van der Waals surface area contributed by atoms with Gasteiger partial charge in [0.05, 0.1) is 22.2 Å². The number of benzene rings is 2. The normalized spacial score (nSPS) is 12.5. The zero-order valence-corrected chi connectivity index (χ0v) is 18.7. The van der Waals surface area contributed by atoms with E-state index in [2.05, 4.69) is 17.1 Å². The van der Waals surface area contributed by atoms with Crippen molar-refractivity contribution in [2.45, 2.75) is 11.0 Å². The summed E-state index contributed by atoms with van der Waals surface area (Å²) in [6.45, 7) is 0.595. The summed E-state index contributed by atoms with van der Waals surface area (Å²) in [5.41, 5.74) is 9.62. The first-order chi connectivity index (χ1) is 14.5. The SMILES string of the molecule is NCCSC(SCCC(=O)O)c1cccc(/C=C/c2ccc3ccc(Cl)cc3n2)c1. The molecule has 3 N–H and O–H groups in total. The first-order valence-corrected chi connectivity index (χ1v) is 12.0. The third-order valence-electron chi connectivity index (χ3n) is 4.28. The molecular formula is C23H23ClN2O2S2. The van der Waals surface area contributed by atoms with Crippen LogP contribution in [-0.2, 0) is 4.79 Å². The van der Waals surface area contributed by atoms with E-state index in [4.69, 9.17) is 22.4 Å². The zero-order chi connectivity index (χ0) is 21.3. The van der Waals surface area contributed by atoms with Gasteiger partial charge in [0.15, 0.2) is 0 Å². The molecule has 1 heterocycles. The van der Waals surface area contributed by atoms with Gasteiger partial charge in [-0.15, -0.1) is 23.5 Å². The van der Waals surface area contributed by atoms with Crippen molar-refractivity contribution < 1.29 is 9.90 Å². The summed E-state index contributed by atoms with van der Waals surface area (Å²) in [4.78, 5) is 15.5. The van der Waals surface area contributed by atoms with Gasteiger partial charge in [-0.05, 0) is 41.5 Å². The highest BCUT2D eigenvalue weighted by molar-refractivity contribution is 8.16. The van der Waals surface area contributed by atoms with Crippen LogP contribution in [0.25, 0.3) is 23.1 Å². The van der Waals surface area contributed by atoms with E-state index in [0.717, 1.165) is 33.5 Å². The number of nitrogens with two attached hydrogens (primary N) is 1. The van der Waals surface area contributed by atoms with Gasteiger partial charge in [0.1, 0.15) is 0 Å². The van der Waals surface area contributed by atoms with Crippen molar-refractivity contribution in [1.29, 1.82) is 0 Å². The third-order valence-corrected chi connectivity index (χ3v) is 7.39. The van der Waals surface area contributed by atoms with Crippen LogP contribution in [0.5, 0.6) is 0 Å². The molecule has 0 aliphatic carbocycles. The molecule has 3 rings (SSSR count). The Morgan fingerprint density at radius 2 is 1.90 bits per heavy atom. The molecule has 1 aromatic heterocycles.